The molecule has 0 unspecified atom stereocenters. The second-order valence-corrected chi connectivity index (χ2v) is 4.27. The highest BCUT2D eigenvalue weighted by atomic mass is 79.9. The Labute approximate surface area is 100 Å². The van der Waals surface area contributed by atoms with Crippen molar-refractivity contribution in [2.24, 2.45) is 0 Å². The second-order valence-electron chi connectivity index (χ2n) is 3.35. The van der Waals surface area contributed by atoms with Gasteiger partial charge in [-0.25, -0.2) is 9.59 Å². The first-order valence-electron chi connectivity index (χ1n) is 4.68. The monoisotopic (exact) mass is 284 g/mol. The highest BCUT2D eigenvalue weighted by Crippen LogP contribution is 2.25. The zero-order valence-electron chi connectivity index (χ0n) is 8.24. The predicted octanol–water partition coefficient (Wildman–Crippen LogP) is 1.68. The number of rotatable bonds is 2. The van der Waals surface area contributed by atoms with Crippen LogP contribution in [0.5, 0.6) is 0 Å². The lowest BCUT2D eigenvalue weighted by Gasteiger charge is -2.16. The Bertz CT molecular complexity index is 461. The Kier molecular flexibility index (Phi) is 2.82. The van der Waals surface area contributed by atoms with Gasteiger partial charge in [-0.15, -0.1) is 0 Å². The molecule has 1 heterocycles. The van der Waals surface area contributed by atoms with Crippen LogP contribution in [0, 0.1) is 0 Å². The Balaban J connectivity index is 2.47. The first kappa shape index (κ1) is 10.9. The molecular weight excluding hydrogens is 276 g/mol. The molecule has 84 valence electrons. The van der Waals surface area contributed by atoms with E-state index in [-0.39, 0.29) is 11.6 Å². The number of carbonyl (C=O) groups excluding carboxylic acids is 1. The molecule has 0 atom stereocenters. The molecule has 5 nitrogen and oxygen atoms in total. The summed E-state index contributed by atoms with van der Waals surface area (Å²) in [7, 11) is 0. The zero-order chi connectivity index (χ0) is 11.7. The molecule has 1 aromatic rings. The zero-order valence-corrected chi connectivity index (χ0v) is 9.82. The normalized spacial score (nSPS) is 15.1. The quantitative estimate of drug-likeness (QED) is 0.868. The van der Waals surface area contributed by atoms with Crippen molar-refractivity contribution in [2.75, 3.05) is 18.0 Å². The summed E-state index contributed by atoms with van der Waals surface area (Å²) in [6, 6.07) is 4.57. The SMILES string of the molecule is O=C(O)c1cc(Br)ccc1N1CCNC1=O. The number of hydrogen-bond acceptors (Lipinski definition) is 2. The van der Waals surface area contributed by atoms with Crippen molar-refractivity contribution in [3.05, 3.63) is 28.2 Å². The molecule has 0 saturated carbocycles. The van der Waals surface area contributed by atoms with Crippen molar-refractivity contribution in [1.82, 2.24) is 5.32 Å². The van der Waals surface area contributed by atoms with Gasteiger partial charge in [-0.2, -0.15) is 0 Å². The summed E-state index contributed by atoms with van der Waals surface area (Å²) in [6.45, 7) is 1.02. The van der Waals surface area contributed by atoms with E-state index in [1.807, 2.05) is 0 Å². The molecule has 1 fully saturated rings. The van der Waals surface area contributed by atoms with Crippen molar-refractivity contribution >= 4 is 33.6 Å². The maximum atomic E-state index is 11.4. The molecule has 0 spiro atoms. The third kappa shape index (κ3) is 1.88. The van der Waals surface area contributed by atoms with Gasteiger partial charge in [0, 0.05) is 17.6 Å². The van der Waals surface area contributed by atoms with Gasteiger partial charge < -0.3 is 10.4 Å². The fraction of sp³-hybridized carbons (Fsp3) is 0.200. The average Bonchev–Trinajstić information content (AvgIpc) is 2.64. The molecule has 6 heteroatoms. The standard InChI is InChI=1S/C10H9BrN2O3/c11-6-1-2-8(7(5-6)9(14)15)13-4-3-12-10(13)16/h1-2,5H,3-4H2,(H,12,16)(H,14,15). The Morgan fingerprint density at radius 2 is 2.25 bits per heavy atom. The highest BCUT2D eigenvalue weighted by Gasteiger charge is 2.25. The Hall–Kier alpha value is -1.56. The van der Waals surface area contributed by atoms with E-state index >= 15 is 0 Å². The average molecular weight is 285 g/mol. The Morgan fingerprint density at radius 1 is 1.50 bits per heavy atom. The van der Waals surface area contributed by atoms with Crippen LogP contribution in [0.1, 0.15) is 10.4 Å². The van der Waals surface area contributed by atoms with Crippen LogP contribution in [0.2, 0.25) is 0 Å². The van der Waals surface area contributed by atoms with Crippen molar-refractivity contribution < 1.29 is 14.7 Å². The molecule has 1 aliphatic heterocycles. The van der Waals surface area contributed by atoms with E-state index in [9.17, 15) is 9.59 Å². The van der Waals surface area contributed by atoms with Gasteiger partial charge in [-0.3, -0.25) is 4.90 Å². The topological polar surface area (TPSA) is 69.6 Å². The summed E-state index contributed by atoms with van der Waals surface area (Å²) in [5.41, 5.74) is 0.539. The van der Waals surface area contributed by atoms with E-state index in [2.05, 4.69) is 21.2 Å². The van der Waals surface area contributed by atoms with Crippen molar-refractivity contribution in [3.63, 3.8) is 0 Å². The number of amides is 2. The minimum Gasteiger partial charge on any atom is -0.478 e. The van der Waals surface area contributed by atoms with Gasteiger partial charge in [0.1, 0.15) is 0 Å². The number of anilines is 1. The maximum Gasteiger partial charge on any atom is 0.337 e. The van der Waals surface area contributed by atoms with Crippen LogP contribution in [0.3, 0.4) is 0 Å². The summed E-state index contributed by atoms with van der Waals surface area (Å²) in [4.78, 5) is 23.9. The van der Waals surface area contributed by atoms with Crippen LogP contribution in [-0.2, 0) is 0 Å². The van der Waals surface area contributed by atoms with E-state index in [0.29, 0.717) is 23.2 Å². The fourth-order valence-electron chi connectivity index (χ4n) is 1.62. The third-order valence-electron chi connectivity index (χ3n) is 2.34. The summed E-state index contributed by atoms with van der Waals surface area (Å²) < 4.78 is 0.674. The molecule has 0 aliphatic carbocycles. The van der Waals surface area contributed by atoms with Crippen molar-refractivity contribution in [3.8, 4) is 0 Å². The molecule has 2 N–H and O–H groups in total. The van der Waals surface area contributed by atoms with Crippen molar-refractivity contribution in [2.45, 2.75) is 0 Å². The van der Waals surface area contributed by atoms with Crippen LogP contribution in [0.15, 0.2) is 22.7 Å². The molecule has 1 aromatic carbocycles. The van der Waals surface area contributed by atoms with Crippen LogP contribution < -0.4 is 10.2 Å². The highest BCUT2D eigenvalue weighted by molar-refractivity contribution is 9.10. The number of nitrogens with zero attached hydrogens (tertiary/aromatic N) is 1. The molecule has 16 heavy (non-hydrogen) atoms. The predicted molar refractivity (Wildman–Crippen MR) is 61.8 cm³/mol. The summed E-state index contributed by atoms with van der Waals surface area (Å²) in [5.74, 6) is -1.05. The maximum absolute atomic E-state index is 11.4. The number of nitrogens with one attached hydrogen (secondary N) is 1. The lowest BCUT2D eigenvalue weighted by Crippen LogP contribution is -2.29. The van der Waals surface area contributed by atoms with Crippen LogP contribution in [-0.4, -0.2) is 30.2 Å². The number of halogens is 1. The van der Waals surface area contributed by atoms with Gasteiger partial charge >= 0.3 is 12.0 Å². The van der Waals surface area contributed by atoms with E-state index in [0.717, 1.165) is 0 Å². The van der Waals surface area contributed by atoms with E-state index < -0.39 is 5.97 Å². The van der Waals surface area contributed by atoms with Gasteiger partial charge in [-0.05, 0) is 18.2 Å². The number of carboxylic acid groups (broad SMARTS) is 1. The lowest BCUT2D eigenvalue weighted by atomic mass is 10.1. The molecule has 0 aromatic heterocycles. The summed E-state index contributed by atoms with van der Waals surface area (Å²) in [5, 5.41) is 11.7. The molecular formula is C10H9BrN2O3. The summed E-state index contributed by atoms with van der Waals surface area (Å²) in [6.07, 6.45) is 0. The molecule has 2 amide bonds. The largest absolute Gasteiger partial charge is 0.478 e. The molecule has 1 aliphatic rings. The number of benzene rings is 1. The minimum absolute atomic E-state index is 0.117. The molecule has 2 rings (SSSR count). The number of urea groups is 1. The van der Waals surface area contributed by atoms with Gasteiger partial charge in [0.05, 0.1) is 11.3 Å². The van der Waals surface area contributed by atoms with Gasteiger partial charge in [0.15, 0.2) is 0 Å². The number of hydrogen-bond donors (Lipinski definition) is 2. The molecule has 1 saturated heterocycles. The smallest absolute Gasteiger partial charge is 0.337 e. The van der Waals surface area contributed by atoms with Gasteiger partial charge in [0.2, 0.25) is 0 Å². The number of carboxylic acids is 1. The first-order valence-corrected chi connectivity index (χ1v) is 5.47. The Morgan fingerprint density at radius 3 is 2.81 bits per heavy atom. The fourth-order valence-corrected chi connectivity index (χ4v) is 1.98. The molecule has 0 bridgehead atoms. The van der Waals surface area contributed by atoms with E-state index in [1.165, 1.54) is 11.0 Å². The van der Waals surface area contributed by atoms with Crippen LogP contribution in [0.25, 0.3) is 0 Å². The van der Waals surface area contributed by atoms with E-state index in [1.54, 1.807) is 12.1 Å². The number of carbonyl (C=O) groups is 2. The van der Waals surface area contributed by atoms with Gasteiger partial charge in [-0.1, -0.05) is 15.9 Å². The van der Waals surface area contributed by atoms with Crippen molar-refractivity contribution in [1.29, 1.82) is 0 Å². The first-order chi connectivity index (χ1) is 7.59. The van der Waals surface area contributed by atoms with Gasteiger partial charge in [0.25, 0.3) is 0 Å². The van der Waals surface area contributed by atoms with E-state index in [4.69, 9.17) is 5.11 Å². The van der Waals surface area contributed by atoms with Crippen LogP contribution in [0.4, 0.5) is 10.5 Å². The number of aromatic carboxylic acids is 1. The lowest BCUT2D eigenvalue weighted by molar-refractivity contribution is 0.0697. The summed E-state index contributed by atoms with van der Waals surface area (Å²) >= 11 is 3.21. The van der Waals surface area contributed by atoms with Crippen LogP contribution >= 0.6 is 15.9 Å². The minimum atomic E-state index is -1.05. The second kappa shape index (κ2) is 4.13. The molecule has 0 radical (unpaired) electrons. The third-order valence-corrected chi connectivity index (χ3v) is 2.83.